The predicted octanol–water partition coefficient (Wildman–Crippen LogP) is 7.80. The third kappa shape index (κ3) is 25.5. The van der Waals surface area contributed by atoms with Crippen LogP contribution < -0.4 is 4.74 Å². The van der Waals surface area contributed by atoms with Crippen LogP contribution in [0.1, 0.15) is 103 Å². The van der Waals surface area contributed by atoms with Crippen molar-refractivity contribution in [3.05, 3.63) is 29.8 Å². The monoisotopic (exact) mass is 552 g/mol. The van der Waals surface area contributed by atoms with Crippen LogP contribution in [-0.4, -0.2) is 72.7 Å². The minimum Gasteiger partial charge on any atom is -0.491 e. The number of rotatable bonds is 31. The maximum absolute atomic E-state index is 5.78. The molecule has 0 aliphatic carbocycles. The second-order valence-electron chi connectivity index (χ2n) is 10.2. The first-order chi connectivity index (χ1) is 19.4. The molecule has 1 aromatic rings. The summed E-state index contributed by atoms with van der Waals surface area (Å²) < 4.78 is 33.5. The molecule has 0 bridgehead atoms. The highest BCUT2D eigenvalue weighted by Gasteiger charge is 1.98. The maximum Gasteiger partial charge on any atom is 0.119 e. The van der Waals surface area contributed by atoms with Gasteiger partial charge in [-0.05, 0) is 37.0 Å². The van der Waals surface area contributed by atoms with Gasteiger partial charge in [-0.15, -0.1) is 0 Å². The summed E-state index contributed by atoms with van der Waals surface area (Å²) in [4.78, 5) is 0. The van der Waals surface area contributed by atoms with Gasteiger partial charge in [-0.2, -0.15) is 0 Å². The van der Waals surface area contributed by atoms with E-state index in [0.717, 1.165) is 25.2 Å². The number of hydrogen-bond donors (Lipinski definition) is 0. The highest BCUT2D eigenvalue weighted by atomic mass is 16.6. The summed E-state index contributed by atoms with van der Waals surface area (Å²) in [6.45, 7) is 11.2. The van der Waals surface area contributed by atoms with Gasteiger partial charge >= 0.3 is 0 Å². The van der Waals surface area contributed by atoms with Crippen molar-refractivity contribution in [1.82, 2.24) is 0 Å². The Bertz CT molecular complexity index is 594. The van der Waals surface area contributed by atoms with Crippen molar-refractivity contribution in [3.8, 4) is 5.75 Å². The fraction of sp³-hybridized carbons (Fsp3) is 0.818. The van der Waals surface area contributed by atoms with Gasteiger partial charge in [-0.3, -0.25) is 0 Å². The molecule has 1 rings (SSSR count). The minimum absolute atomic E-state index is 0.546. The fourth-order valence-corrected chi connectivity index (χ4v) is 4.22. The Balaban J connectivity index is 1.77. The van der Waals surface area contributed by atoms with Gasteiger partial charge in [-0.25, -0.2) is 0 Å². The zero-order chi connectivity index (χ0) is 27.9. The molecule has 0 heterocycles. The lowest BCUT2D eigenvalue weighted by Crippen LogP contribution is -2.14. The molecule has 0 fully saturated rings. The molecular formula is C33H60O6. The minimum atomic E-state index is 0.546. The Kier molecular flexibility index (Phi) is 27.4. The highest BCUT2D eigenvalue weighted by Crippen LogP contribution is 2.15. The van der Waals surface area contributed by atoms with Crippen molar-refractivity contribution in [2.24, 2.45) is 0 Å². The molecule has 0 saturated heterocycles. The molecule has 1 aromatic carbocycles. The van der Waals surface area contributed by atoms with Crippen molar-refractivity contribution < 1.29 is 28.4 Å². The molecule has 228 valence electrons. The second kappa shape index (κ2) is 29.8. The molecule has 0 aliphatic rings. The van der Waals surface area contributed by atoms with Gasteiger partial charge in [0.1, 0.15) is 12.4 Å². The first kappa shape index (κ1) is 35.8. The van der Waals surface area contributed by atoms with Crippen LogP contribution in [0.25, 0.3) is 0 Å². The lowest BCUT2D eigenvalue weighted by atomic mass is 10.0. The molecule has 0 aromatic heterocycles. The number of benzene rings is 1. The molecule has 0 atom stereocenters. The normalized spacial score (nSPS) is 11.3. The van der Waals surface area contributed by atoms with Crippen LogP contribution in [0.2, 0.25) is 0 Å². The van der Waals surface area contributed by atoms with E-state index in [9.17, 15) is 0 Å². The zero-order valence-corrected chi connectivity index (χ0v) is 25.4. The van der Waals surface area contributed by atoms with Crippen molar-refractivity contribution in [1.29, 1.82) is 0 Å². The van der Waals surface area contributed by atoms with E-state index in [0.29, 0.717) is 66.1 Å². The van der Waals surface area contributed by atoms with Crippen LogP contribution in [0.3, 0.4) is 0 Å². The molecule has 0 radical (unpaired) electrons. The van der Waals surface area contributed by atoms with E-state index >= 15 is 0 Å². The van der Waals surface area contributed by atoms with Gasteiger partial charge < -0.3 is 28.4 Å². The molecule has 0 unspecified atom stereocenters. The number of ether oxygens (including phenoxy) is 6. The molecule has 0 N–H and O–H groups in total. The standard InChI is InChI=1S/C33H60O6/c1-3-5-7-9-11-12-14-16-32-17-19-33(20-18-32)39-31-30-38-29-28-37-27-26-36-25-24-35-23-22-34-21-15-13-10-8-6-4-2/h17-20H,3-16,21-31H2,1-2H3. The van der Waals surface area contributed by atoms with Crippen LogP contribution in [0.15, 0.2) is 24.3 Å². The maximum atomic E-state index is 5.78. The number of unbranched alkanes of at least 4 members (excludes halogenated alkanes) is 11. The van der Waals surface area contributed by atoms with E-state index < -0.39 is 0 Å². The van der Waals surface area contributed by atoms with Crippen molar-refractivity contribution in [2.45, 2.75) is 104 Å². The van der Waals surface area contributed by atoms with Crippen LogP contribution in [0.5, 0.6) is 5.75 Å². The highest BCUT2D eigenvalue weighted by molar-refractivity contribution is 5.27. The fourth-order valence-electron chi connectivity index (χ4n) is 4.22. The van der Waals surface area contributed by atoms with Crippen molar-refractivity contribution >= 4 is 0 Å². The number of aryl methyl sites for hydroxylation is 1. The van der Waals surface area contributed by atoms with E-state index in [2.05, 4.69) is 38.1 Å². The summed E-state index contributed by atoms with van der Waals surface area (Å²) in [5.74, 6) is 0.903. The summed E-state index contributed by atoms with van der Waals surface area (Å²) in [5, 5.41) is 0. The van der Waals surface area contributed by atoms with Gasteiger partial charge in [0.05, 0.1) is 59.5 Å². The van der Waals surface area contributed by atoms with E-state index in [-0.39, 0.29) is 0 Å². The summed E-state index contributed by atoms with van der Waals surface area (Å²) in [7, 11) is 0. The Morgan fingerprint density at radius 2 is 0.769 bits per heavy atom. The van der Waals surface area contributed by atoms with E-state index in [4.69, 9.17) is 28.4 Å². The lowest BCUT2D eigenvalue weighted by Gasteiger charge is -2.09. The summed E-state index contributed by atoms with van der Waals surface area (Å²) in [5.41, 5.74) is 1.39. The average Bonchev–Trinajstić information content (AvgIpc) is 2.96. The third-order valence-electron chi connectivity index (χ3n) is 6.62. The Labute approximate surface area is 240 Å². The average molecular weight is 553 g/mol. The Morgan fingerprint density at radius 3 is 1.26 bits per heavy atom. The van der Waals surface area contributed by atoms with Crippen molar-refractivity contribution in [3.63, 3.8) is 0 Å². The van der Waals surface area contributed by atoms with E-state index in [1.165, 1.54) is 82.6 Å². The topological polar surface area (TPSA) is 55.4 Å². The van der Waals surface area contributed by atoms with E-state index in [1.54, 1.807) is 0 Å². The summed E-state index contributed by atoms with van der Waals surface area (Å²) in [6.07, 6.45) is 18.3. The second-order valence-corrected chi connectivity index (χ2v) is 10.2. The molecule has 39 heavy (non-hydrogen) atoms. The van der Waals surface area contributed by atoms with Crippen LogP contribution in [0.4, 0.5) is 0 Å². The van der Waals surface area contributed by atoms with Gasteiger partial charge in [0.2, 0.25) is 0 Å². The summed E-state index contributed by atoms with van der Waals surface area (Å²) >= 11 is 0. The van der Waals surface area contributed by atoms with Gasteiger partial charge in [0.25, 0.3) is 0 Å². The quantitative estimate of drug-likeness (QED) is 0.0876. The third-order valence-corrected chi connectivity index (χ3v) is 6.62. The molecule has 6 heteroatoms. The molecule has 0 spiro atoms. The number of hydrogen-bond acceptors (Lipinski definition) is 6. The van der Waals surface area contributed by atoms with Crippen molar-refractivity contribution in [2.75, 3.05) is 72.7 Å². The lowest BCUT2D eigenvalue weighted by molar-refractivity contribution is -0.0128. The van der Waals surface area contributed by atoms with Crippen LogP contribution in [-0.2, 0) is 30.1 Å². The van der Waals surface area contributed by atoms with Crippen LogP contribution in [0, 0.1) is 0 Å². The molecule has 0 saturated carbocycles. The molecule has 0 aliphatic heterocycles. The Morgan fingerprint density at radius 1 is 0.385 bits per heavy atom. The first-order valence-corrected chi connectivity index (χ1v) is 16.0. The smallest absolute Gasteiger partial charge is 0.119 e. The first-order valence-electron chi connectivity index (χ1n) is 16.0. The van der Waals surface area contributed by atoms with E-state index in [1.807, 2.05) is 0 Å². The van der Waals surface area contributed by atoms with Gasteiger partial charge in [-0.1, -0.05) is 96.6 Å². The van der Waals surface area contributed by atoms with Gasteiger partial charge in [0.15, 0.2) is 0 Å². The molecule has 0 amide bonds. The van der Waals surface area contributed by atoms with Gasteiger partial charge in [0, 0.05) is 6.61 Å². The Hall–Kier alpha value is -1.18. The predicted molar refractivity (Wildman–Crippen MR) is 161 cm³/mol. The summed E-state index contributed by atoms with van der Waals surface area (Å²) in [6, 6.07) is 8.50. The molecule has 6 nitrogen and oxygen atoms in total. The molecular weight excluding hydrogens is 492 g/mol. The largest absolute Gasteiger partial charge is 0.491 e. The van der Waals surface area contributed by atoms with Crippen LogP contribution >= 0.6 is 0 Å². The zero-order valence-electron chi connectivity index (χ0n) is 25.4. The SMILES string of the molecule is CCCCCCCCCc1ccc(OCCOCCOCCOCCOCCOCCCCCCCC)cc1.